The third-order valence-corrected chi connectivity index (χ3v) is 7.88. The minimum absolute atomic E-state index is 0.535. The quantitative estimate of drug-likeness (QED) is 0.0627. The van der Waals surface area contributed by atoms with Crippen LogP contribution in [0.15, 0.2) is 84.9 Å². The van der Waals surface area contributed by atoms with Gasteiger partial charge in [-0.25, -0.2) is 0 Å². The van der Waals surface area contributed by atoms with Crippen LogP contribution in [0.4, 0.5) is 0 Å². The Labute approximate surface area is 268 Å². The minimum Gasteiger partial charge on any atom is -0.494 e. The van der Waals surface area contributed by atoms with Gasteiger partial charge in [0.2, 0.25) is 0 Å². The fourth-order valence-electron chi connectivity index (χ4n) is 5.35. The van der Waals surface area contributed by atoms with Crippen molar-refractivity contribution in [2.75, 3.05) is 13.2 Å². The Morgan fingerprint density at radius 3 is 1.29 bits per heavy atom. The van der Waals surface area contributed by atoms with Crippen LogP contribution in [0.3, 0.4) is 0 Å². The highest BCUT2D eigenvalue weighted by molar-refractivity contribution is 6.22. The zero-order valence-corrected chi connectivity index (χ0v) is 26.4. The van der Waals surface area contributed by atoms with Crippen LogP contribution in [0.2, 0.25) is 0 Å². The number of fused-ring (bicyclic) bond motifs is 3. The molecular weight excluding hydrogens is 552 g/mol. The Balaban J connectivity index is 1.23. The van der Waals surface area contributed by atoms with Gasteiger partial charge in [-0.1, -0.05) is 88.2 Å². The molecule has 0 unspecified atom stereocenters. The Morgan fingerprint density at radius 1 is 0.489 bits per heavy atom. The molecule has 0 bridgehead atoms. The van der Waals surface area contributed by atoms with Gasteiger partial charge < -0.3 is 15.0 Å². The van der Waals surface area contributed by atoms with Crippen molar-refractivity contribution in [3.63, 3.8) is 0 Å². The van der Waals surface area contributed by atoms with Crippen molar-refractivity contribution in [1.29, 1.82) is 0 Å². The molecule has 0 spiro atoms. The zero-order chi connectivity index (χ0) is 31.3. The molecule has 0 atom stereocenters. The Hall–Kier alpha value is -5.02. The lowest BCUT2D eigenvalue weighted by Gasteiger charge is -2.05. The molecule has 0 heterocycles. The van der Waals surface area contributed by atoms with Crippen molar-refractivity contribution in [3.05, 3.63) is 124 Å². The van der Waals surface area contributed by atoms with Crippen LogP contribution in [-0.2, 0) is 0 Å². The van der Waals surface area contributed by atoms with Gasteiger partial charge in [0.25, 0.3) is 0 Å². The fourth-order valence-corrected chi connectivity index (χ4v) is 5.35. The van der Waals surface area contributed by atoms with Gasteiger partial charge >= 0.3 is 5.71 Å². The Kier molecular flexibility index (Phi) is 11.3. The molecule has 226 valence electrons. The highest BCUT2D eigenvalue weighted by Gasteiger charge is 2.31. The van der Waals surface area contributed by atoms with Gasteiger partial charge in [-0.2, -0.15) is 4.79 Å². The standard InChI is InChI=1S/C41H40N2O2/c1-3-5-7-9-27-44-35-21-15-31(16-22-35)11-13-33-19-25-37-38-26-20-34(30-40(38)41(43-42)39(37)29-33)14-12-32-17-23-36(24-18-32)45-28-10-8-6-4-2/h15-26,29-30H,3-10,27-28H2,1-2H3. The molecule has 0 radical (unpaired) electrons. The molecular formula is C41H40N2O2. The lowest BCUT2D eigenvalue weighted by molar-refractivity contribution is -0.00243. The largest absolute Gasteiger partial charge is 0.494 e. The first-order chi connectivity index (χ1) is 22.2. The molecule has 0 saturated heterocycles. The lowest BCUT2D eigenvalue weighted by atomic mass is 10.0. The predicted molar refractivity (Wildman–Crippen MR) is 183 cm³/mol. The lowest BCUT2D eigenvalue weighted by Crippen LogP contribution is -2.00. The molecule has 0 saturated carbocycles. The molecule has 0 N–H and O–H groups in total. The summed E-state index contributed by atoms with van der Waals surface area (Å²) in [6.45, 7) is 5.91. The number of benzene rings is 4. The molecule has 1 aliphatic rings. The van der Waals surface area contributed by atoms with Gasteiger partial charge in [0.05, 0.1) is 24.3 Å². The van der Waals surface area contributed by atoms with Crippen molar-refractivity contribution < 1.29 is 14.3 Å². The average Bonchev–Trinajstić information content (AvgIpc) is 3.39. The predicted octanol–water partition coefficient (Wildman–Crippen LogP) is 9.45. The van der Waals surface area contributed by atoms with Gasteiger partial charge in [-0.3, -0.25) is 0 Å². The van der Waals surface area contributed by atoms with Crippen LogP contribution in [0.1, 0.15) is 98.6 Å². The number of unbranched alkanes of at least 4 members (excludes halogenated alkanes) is 6. The van der Waals surface area contributed by atoms with E-state index in [-0.39, 0.29) is 0 Å². The van der Waals surface area contributed by atoms with Crippen molar-refractivity contribution in [2.45, 2.75) is 65.2 Å². The summed E-state index contributed by atoms with van der Waals surface area (Å²) in [5.41, 5.74) is 17.9. The topological polar surface area (TPSA) is 54.9 Å². The van der Waals surface area contributed by atoms with E-state index < -0.39 is 0 Å². The van der Waals surface area contributed by atoms with E-state index in [2.05, 4.69) is 42.3 Å². The molecule has 4 aromatic carbocycles. The van der Waals surface area contributed by atoms with Crippen LogP contribution in [0, 0.1) is 23.7 Å². The number of ether oxygens (including phenoxy) is 2. The molecule has 4 aromatic rings. The Bertz CT molecular complexity index is 1650. The third kappa shape index (κ3) is 8.55. The third-order valence-electron chi connectivity index (χ3n) is 7.88. The maximum atomic E-state index is 10.0. The normalized spacial score (nSPS) is 10.9. The molecule has 0 aromatic heterocycles. The monoisotopic (exact) mass is 592 g/mol. The second-order valence-corrected chi connectivity index (χ2v) is 11.3. The number of nitrogens with zero attached hydrogens (tertiary/aromatic N) is 2. The van der Waals surface area contributed by atoms with Gasteiger partial charge in [0.1, 0.15) is 11.5 Å². The van der Waals surface area contributed by atoms with Crippen LogP contribution in [-0.4, -0.2) is 23.7 Å². The summed E-state index contributed by atoms with van der Waals surface area (Å²) in [6, 6.07) is 27.9. The van der Waals surface area contributed by atoms with E-state index in [1.165, 1.54) is 38.5 Å². The van der Waals surface area contributed by atoms with Crippen molar-refractivity contribution in [1.82, 2.24) is 0 Å². The second kappa shape index (κ2) is 16.2. The van der Waals surface area contributed by atoms with E-state index in [1.807, 2.05) is 84.9 Å². The van der Waals surface area contributed by atoms with E-state index in [1.54, 1.807) is 0 Å². The highest BCUT2D eigenvalue weighted by Crippen LogP contribution is 2.37. The highest BCUT2D eigenvalue weighted by atomic mass is 16.5. The Morgan fingerprint density at radius 2 is 0.889 bits per heavy atom. The molecule has 0 fully saturated rings. The van der Waals surface area contributed by atoms with E-state index in [0.29, 0.717) is 5.71 Å². The average molecular weight is 593 g/mol. The van der Waals surface area contributed by atoms with E-state index in [4.69, 9.17) is 9.47 Å². The van der Waals surface area contributed by atoms with Gasteiger partial charge in [0, 0.05) is 22.3 Å². The zero-order valence-electron chi connectivity index (χ0n) is 26.4. The first kappa shape index (κ1) is 31.4. The summed E-state index contributed by atoms with van der Waals surface area (Å²) >= 11 is 0. The number of hydrogen-bond donors (Lipinski definition) is 0. The van der Waals surface area contributed by atoms with Gasteiger partial charge in [-0.05, 0) is 96.8 Å². The second-order valence-electron chi connectivity index (χ2n) is 11.3. The van der Waals surface area contributed by atoms with E-state index in [0.717, 1.165) is 82.1 Å². The maximum absolute atomic E-state index is 10.0. The molecule has 45 heavy (non-hydrogen) atoms. The smallest absolute Gasteiger partial charge is 0.330 e. The van der Waals surface area contributed by atoms with Crippen LogP contribution in [0.5, 0.6) is 11.5 Å². The summed E-state index contributed by atoms with van der Waals surface area (Å²) in [4.78, 5) is 3.68. The molecule has 0 amide bonds. The van der Waals surface area contributed by atoms with E-state index in [9.17, 15) is 5.53 Å². The summed E-state index contributed by atoms with van der Waals surface area (Å²) < 4.78 is 11.7. The van der Waals surface area contributed by atoms with E-state index >= 15 is 0 Å². The first-order valence-electron chi connectivity index (χ1n) is 16.2. The molecule has 0 aliphatic heterocycles. The van der Waals surface area contributed by atoms with Crippen molar-refractivity contribution in [3.8, 4) is 46.3 Å². The summed E-state index contributed by atoms with van der Waals surface area (Å²) in [7, 11) is 0. The number of hydrogen-bond acceptors (Lipinski definition) is 2. The van der Waals surface area contributed by atoms with Crippen LogP contribution in [0.25, 0.3) is 16.7 Å². The molecule has 4 heteroatoms. The molecule has 1 aliphatic carbocycles. The fraction of sp³-hybridized carbons (Fsp3) is 0.293. The SMILES string of the molecule is CCCCCCOc1ccc(C#Cc2ccc3c(c2)C(=[N+]=[N-])c2cc(C#Cc4ccc(OCCCCCC)cc4)ccc2-3)cc1. The summed E-state index contributed by atoms with van der Waals surface area (Å²) in [5.74, 6) is 14.8. The van der Waals surface area contributed by atoms with Crippen molar-refractivity contribution >= 4 is 5.71 Å². The maximum Gasteiger partial charge on any atom is 0.330 e. The van der Waals surface area contributed by atoms with Gasteiger partial charge in [0.15, 0.2) is 0 Å². The summed E-state index contributed by atoms with van der Waals surface area (Å²) in [6.07, 6.45) is 9.51. The van der Waals surface area contributed by atoms with Crippen molar-refractivity contribution in [2.24, 2.45) is 0 Å². The van der Waals surface area contributed by atoms with Crippen LogP contribution < -0.4 is 9.47 Å². The van der Waals surface area contributed by atoms with Gasteiger partial charge in [-0.15, -0.1) is 0 Å². The minimum atomic E-state index is 0.535. The summed E-state index contributed by atoms with van der Waals surface area (Å²) in [5, 5.41) is 0. The number of rotatable bonds is 12. The van der Waals surface area contributed by atoms with Crippen LogP contribution >= 0.6 is 0 Å². The molecule has 5 rings (SSSR count). The molecule has 4 nitrogen and oxygen atoms in total. The first-order valence-corrected chi connectivity index (χ1v) is 16.2.